The molecule has 0 bridgehead atoms. The van der Waals surface area contributed by atoms with Gasteiger partial charge in [-0.2, -0.15) is 0 Å². The van der Waals surface area contributed by atoms with Crippen molar-refractivity contribution in [2.75, 3.05) is 24.5 Å². The molecule has 4 heterocycles. The summed E-state index contributed by atoms with van der Waals surface area (Å²) in [5.74, 6) is 0.662. The van der Waals surface area contributed by atoms with Crippen LogP contribution in [0.2, 0.25) is 0 Å². The average molecular weight is 729 g/mol. The molecule has 2 saturated heterocycles. The molecule has 7 rings (SSSR count). The molecule has 248 valence electrons. The van der Waals surface area contributed by atoms with E-state index in [1.807, 2.05) is 89.7 Å². The molecule has 0 aliphatic carbocycles. The Kier molecular flexibility index (Phi) is 9.30. The number of rotatable bonds is 8. The van der Waals surface area contributed by atoms with E-state index in [1.165, 1.54) is 0 Å². The smallest absolute Gasteiger partial charge is 0.263 e. The Balaban J connectivity index is 0.940. The number of para-hydroxylation sites is 1. The summed E-state index contributed by atoms with van der Waals surface area (Å²) in [4.78, 5) is 37.8. The highest BCUT2D eigenvalue weighted by Crippen LogP contribution is 2.32. The van der Waals surface area contributed by atoms with E-state index in [-0.39, 0.29) is 29.9 Å². The minimum atomic E-state index is -0.617. The fraction of sp³-hybridized carbons (Fsp3) is 0.361. The highest BCUT2D eigenvalue weighted by molar-refractivity contribution is 9.10. The number of benzene rings is 3. The van der Waals surface area contributed by atoms with Crippen LogP contribution in [0.1, 0.15) is 45.3 Å². The molecule has 4 atom stereocenters. The molecule has 0 saturated carbocycles. The maximum Gasteiger partial charge on any atom is 0.263 e. The summed E-state index contributed by atoms with van der Waals surface area (Å²) in [7, 11) is 0. The van der Waals surface area contributed by atoms with Crippen molar-refractivity contribution >= 4 is 55.0 Å². The molecule has 0 spiro atoms. The summed E-state index contributed by atoms with van der Waals surface area (Å²) in [5, 5.41) is 9.80. The Morgan fingerprint density at radius 1 is 1.02 bits per heavy atom. The number of nitrogens with zero attached hydrogens (tertiary/aromatic N) is 7. The number of aromatic nitrogens is 4. The van der Waals surface area contributed by atoms with E-state index in [1.54, 1.807) is 16.0 Å². The van der Waals surface area contributed by atoms with Crippen molar-refractivity contribution < 1.29 is 14.3 Å². The second kappa shape index (κ2) is 13.8. The third-order valence-electron chi connectivity index (χ3n) is 9.24. The molecule has 10 nitrogen and oxygen atoms in total. The standard InChI is InChI=1S/C36H38BrN7O3S/c1-23-19-41(35(45)25(3)47-30-16-10-26(11-17-30)34-38-31-7-4-5-9-33(31)48-34)20-24(2)43(23)21-28-22-44(40-39-28)32-8-6-18-42(36(32)46)29-14-12-27(37)13-15-29/h4-5,7,9-17,22-25,32H,6,8,18-21H2,1-3H3/t23-,24+,25?,32?. The first-order valence-electron chi connectivity index (χ1n) is 16.4. The van der Waals surface area contributed by atoms with E-state index in [0.717, 1.165) is 49.5 Å². The molecule has 2 aromatic heterocycles. The predicted molar refractivity (Wildman–Crippen MR) is 191 cm³/mol. The summed E-state index contributed by atoms with van der Waals surface area (Å²) in [6.07, 6.45) is 2.91. The van der Waals surface area contributed by atoms with Crippen LogP contribution in [-0.2, 0) is 16.1 Å². The highest BCUT2D eigenvalue weighted by atomic mass is 79.9. The lowest BCUT2D eigenvalue weighted by Crippen LogP contribution is -2.59. The van der Waals surface area contributed by atoms with Gasteiger partial charge >= 0.3 is 0 Å². The number of anilines is 1. The van der Waals surface area contributed by atoms with Gasteiger partial charge in [-0.1, -0.05) is 33.3 Å². The van der Waals surface area contributed by atoms with E-state index in [2.05, 4.69) is 51.1 Å². The molecule has 3 aromatic carbocycles. The lowest BCUT2D eigenvalue weighted by atomic mass is 10.0. The normalized spacial score (nSPS) is 21.1. The van der Waals surface area contributed by atoms with Crippen molar-refractivity contribution in [2.45, 2.75) is 64.4 Å². The summed E-state index contributed by atoms with van der Waals surface area (Å²) in [6.45, 7) is 8.54. The van der Waals surface area contributed by atoms with Crippen LogP contribution in [0.5, 0.6) is 5.75 Å². The molecule has 2 aliphatic rings. The molecular formula is C36H38BrN7O3S. The van der Waals surface area contributed by atoms with Crippen molar-refractivity contribution in [3.8, 4) is 16.3 Å². The van der Waals surface area contributed by atoms with Crippen molar-refractivity contribution in [1.29, 1.82) is 0 Å². The quantitative estimate of drug-likeness (QED) is 0.178. The van der Waals surface area contributed by atoms with Crippen LogP contribution in [0.3, 0.4) is 0 Å². The Hall–Kier alpha value is -4.13. The molecule has 12 heteroatoms. The number of fused-ring (bicyclic) bond motifs is 1. The SMILES string of the molecule is CC(Oc1ccc(-c2nc3ccccc3s2)cc1)C(=O)N1C[C@@H](C)N(Cc2cn(C3CCCN(c4ccc(Br)cc4)C3=O)nn2)[C@@H](C)C1. The van der Waals surface area contributed by atoms with E-state index >= 15 is 0 Å². The maximum absolute atomic E-state index is 13.5. The molecular weight excluding hydrogens is 690 g/mol. The van der Waals surface area contributed by atoms with Crippen LogP contribution >= 0.6 is 27.3 Å². The number of amides is 2. The Morgan fingerprint density at radius 3 is 2.48 bits per heavy atom. The first-order valence-corrected chi connectivity index (χ1v) is 18.0. The number of piperidine rings is 1. The van der Waals surface area contributed by atoms with Crippen LogP contribution in [0.25, 0.3) is 20.8 Å². The highest BCUT2D eigenvalue weighted by Gasteiger charge is 2.36. The number of thiazole rings is 1. The number of carbonyl (C=O) groups is 2. The van der Waals surface area contributed by atoms with E-state index in [9.17, 15) is 9.59 Å². The van der Waals surface area contributed by atoms with E-state index in [0.29, 0.717) is 31.9 Å². The average Bonchev–Trinajstić information content (AvgIpc) is 3.74. The van der Waals surface area contributed by atoms with Gasteiger partial charge in [0.05, 0.1) is 22.1 Å². The zero-order chi connectivity index (χ0) is 33.4. The van der Waals surface area contributed by atoms with Crippen LogP contribution in [0.4, 0.5) is 5.69 Å². The van der Waals surface area contributed by atoms with Crippen molar-refractivity contribution in [1.82, 2.24) is 29.8 Å². The molecule has 48 heavy (non-hydrogen) atoms. The minimum Gasteiger partial charge on any atom is -0.481 e. The van der Waals surface area contributed by atoms with Gasteiger partial charge in [0.2, 0.25) is 0 Å². The van der Waals surface area contributed by atoms with Gasteiger partial charge in [-0.15, -0.1) is 16.4 Å². The van der Waals surface area contributed by atoms with Crippen molar-refractivity contribution in [2.24, 2.45) is 0 Å². The zero-order valence-electron chi connectivity index (χ0n) is 27.2. The van der Waals surface area contributed by atoms with Gasteiger partial charge in [-0.05, 0) is 94.3 Å². The number of halogens is 1. The molecule has 2 unspecified atom stereocenters. The number of carbonyl (C=O) groups excluding carboxylic acids is 2. The molecule has 5 aromatic rings. The maximum atomic E-state index is 13.5. The monoisotopic (exact) mass is 727 g/mol. The van der Waals surface area contributed by atoms with Gasteiger partial charge in [0.15, 0.2) is 6.10 Å². The third-order valence-corrected chi connectivity index (χ3v) is 10.9. The number of ether oxygens (including phenoxy) is 1. The van der Waals surface area contributed by atoms with Gasteiger partial charge in [0.1, 0.15) is 16.8 Å². The first kappa shape index (κ1) is 32.4. The van der Waals surface area contributed by atoms with Gasteiger partial charge in [-0.25, -0.2) is 9.67 Å². The summed E-state index contributed by atoms with van der Waals surface area (Å²) >= 11 is 5.13. The van der Waals surface area contributed by atoms with E-state index in [4.69, 9.17) is 9.72 Å². The van der Waals surface area contributed by atoms with Crippen LogP contribution in [0, 0.1) is 0 Å². The molecule has 0 N–H and O–H groups in total. The second-order valence-corrected chi connectivity index (χ2v) is 14.6. The fourth-order valence-corrected chi connectivity index (χ4v) is 7.97. The minimum absolute atomic E-state index is 0.0271. The first-order chi connectivity index (χ1) is 23.2. The number of hydrogen-bond acceptors (Lipinski definition) is 8. The lowest BCUT2D eigenvalue weighted by molar-refractivity contribution is -0.142. The van der Waals surface area contributed by atoms with Gasteiger partial charge in [0, 0.05) is 54.0 Å². The van der Waals surface area contributed by atoms with Gasteiger partial charge in [-0.3, -0.25) is 14.5 Å². The summed E-state index contributed by atoms with van der Waals surface area (Å²) in [5.41, 5.74) is 3.72. The third kappa shape index (κ3) is 6.74. The molecule has 2 fully saturated rings. The molecule has 0 radical (unpaired) electrons. The van der Waals surface area contributed by atoms with Gasteiger partial charge < -0.3 is 14.5 Å². The van der Waals surface area contributed by atoms with Gasteiger partial charge in [0.25, 0.3) is 11.8 Å². The number of hydrogen-bond donors (Lipinski definition) is 0. The van der Waals surface area contributed by atoms with Crippen LogP contribution in [-0.4, -0.2) is 79.4 Å². The largest absolute Gasteiger partial charge is 0.481 e. The fourth-order valence-electron chi connectivity index (χ4n) is 6.74. The summed E-state index contributed by atoms with van der Waals surface area (Å²) in [6, 6.07) is 23.6. The topological polar surface area (TPSA) is 96.7 Å². The Morgan fingerprint density at radius 2 is 1.75 bits per heavy atom. The Bertz CT molecular complexity index is 1870. The van der Waals surface area contributed by atoms with Crippen LogP contribution < -0.4 is 9.64 Å². The second-order valence-electron chi connectivity index (χ2n) is 12.7. The lowest BCUT2D eigenvalue weighted by Gasteiger charge is -2.44. The Labute approximate surface area is 292 Å². The number of piperazine rings is 1. The molecule has 2 aliphatic heterocycles. The predicted octanol–water partition coefficient (Wildman–Crippen LogP) is 6.57. The van der Waals surface area contributed by atoms with Crippen LogP contribution in [0.15, 0.2) is 83.5 Å². The summed E-state index contributed by atoms with van der Waals surface area (Å²) < 4.78 is 9.97. The van der Waals surface area contributed by atoms with E-state index < -0.39 is 6.10 Å². The van der Waals surface area contributed by atoms with Crippen molar-refractivity contribution in [3.05, 3.63) is 89.2 Å². The van der Waals surface area contributed by atoms with Crippen molar-refractivity contribution in [3.63, 3.8) is 0 Å². The zero-order valence-corrected chi connectivity index (χ0v) is 29.6. The molecule has 2 amide bonds.